The fourth-order valence-corrected chi connectivity index (χ4v) is 4.60. The lowest BCUT2D eigenvalue weighted by Gasteiger charge is -2.34. The summed E-state index contributed by atoms with van der Waals surface area (Å²) in [5, 5.41) is 2.89. The normalized spacial score (nSPS) is 17.2. The van der Waals surface area contributed by atoms with Crippen molar-refractivity contribution in [2.45, 2.75) is 25.4 Å². The topological polar surface area (TPSA) is 79.0 Å². The SMILES string of the molecule is COc1ccc(N2CCC(NC(=O)c3cccc(CN4C(=O)CSC4=O)c3)CC2)cc1. The Morgan fingerprint density at radius 2 is 1.87 bits per heavy atom. The molecule has 2 saturated heterocycles. The van der Waals surface area contributed by atoms with Crippen LogP contribution < -0.4 is 15.0 Å². The largest absolute Gasteiger partial charge is 0.497 e. The van der Waals surface area contributed by atoms with Crippen molar-refractivity contribution in [2.24, 2.45) is 0 Å². The molecule has 0 aromatic heterocycles. The molecule has 8 heteroatoms. The molecule has 0 unspecified atom stereocenters. The number of rotatable bonds is 6. The minimum absolute atomic E-state index is 0.115. The summed E-state index contributed by atoms with van der Waals surface area (Å²) in [5.74, 6) is 0.714. The van der Waals surface area contributed by atoms with Gasteiger partial charge >= 0.3 is 0 Å². The first-order valence-corrected chi connectivity index (χ1v) is 11.3. The van der Waals surface area contributed by atoms with Crippen molar-refractivity contribution >= 4 is 34.5 Å². The van der Waals surface area contributed by atoms with Crippen LogP contribution in [0, 0.1) is 0 Å². The number of thioether (sulfide) groups is 1. The molecule has 2 aromatic carbocycles. The number of hydrogen-bond acceptors (Lipinski definition) is 6. The van der Waals surface area contributed by atoms with E-state index in [1.807, 2.05) is 18.2 Å². The number of nitrogens with one attached hydrogen (secondary N) is 1. The van der Waals surface area contributed by atoms with Crippen LogP contribution in [-0.2, 0) is 11.3 Å². The summed E-state index contributed by atoms with van der Waals surface area (Å²) >= 11 is 1.01. The molecule has 0 radical (unpaired) electrons. The van der Waals surface area contributed by atoms with Crippen molar-refractivity contribution < 1.29 is 19.1 Å². The van der Waals surface area contributed by atoms with Crippen LogP contribution in [-0.4, -0.2) is 53.9 Å². The van der Waals surface area contributed by atoms with Gasteiger partial charge < -0.3 is 15.0 Å². The van der Waals surface area contributed by atoms with E-state index < -0.39 is 0 Å². The van der Waals surface area contributed by atoms with Crippen LogP contribution >= 0.6 is 11.8 Å². The number of piperidine rings is 1. The predicted octanol–water partition coefficient (Wildman–Crippen LogP) is 3.29. The van der Waals surface area contributed by atoms with Crippen molar-refractivity contribution in [1.82, 2.24) is 10.2 Å². The lowest BCUT2D eigenvalue weighted by Crippen LogP contribution is -2.44. The number of methoxy groups -OCH3 is 1. The third kappa shape index (κ3) is 5.02. The van der Waals surface area contributed by atoms with E-state index in [0.717, 1.165) is 54.7 Å². The van der Waals surface area contributed by atoms with E-state index in [0.29, 0.717) is 5.56 Å². The Bertz CT molecular complexity index is 955. The van der Waals surface area contributed by atoms with Gasteiger partial charge in [0.05, 0.1) is 19.4 Å². The summed E-state index contributed by atoms with van der Waals surface area (Å²) in [6.07, 6.45) is 1.73. The summed E-state index contributed by atoms with van der Waals surface area (Å²) in [4.78, 5) is 39.9. The summed E-state index contributed by atoms with van der Waals surface area (Å²) < 4.78 is 5.21. The molecule has 162 valence electrons. The van der Waals surface area contributed by atoms with Crippen LogP contribution in [0.25, 0.3) is 0 Å². The molecule has 0 saturated carbocycles. The number of anilines is 1. The highest BCUT2D eigenvalue weighted by Gasteiger charge is 2.30. The molecule has 2 aromatic rings. The van der Waals surface area contributed by atoms with Crippen molar-refractivity contribution in [3.05, 3.63) is 59.7 Å². The molecule has 2 aliphatic rings. The van der Waals surface area contributed by atoms with Crippen LogP contribution in [0.3, 0.4) is 0 Å². The van der Waals surface area contributed by atoms with E-state index in [1.54, 1.807) is 25.3 Å². The summed E-state index contributed by atoms with van der Waals surface area (Å²) in [7, 11) is 1.66. The first kappa shape index (κ1) is 21.2. The van der Waals surface area contributed by atoms with Gasteiger partial charge in [0.1, 0.15) is 5.75 Å². The van der Waals surface area contributed by atoms with Crippen molar-refractivity contribution in [3.8, 4) is 5.75 Å². The number of nitrogens with zero attached hydrogens (tertiary/aromatic N) is 2. The zero-order chi connectivity index (χ0) is 21.8. The van der Waals surface area contributed by atoms with Crippen LogP contribution in [0.1, 0.15) is 28.8 Å². The molecule has 0 aliphatic carbocycles. The maximum Gasteiger partial charge on any atom is 0.289 e. The van der Waals surface area contributed by atoms with Crippen molar-refractivity contribution in [1.29, 1.82) is 0 Å². The Hall–Kier alpha value is -3.00. The first-order chi connectivity index (χ1) is 15.0. The van der Waals surface area contributed by atoms with Crippen LogP contribution in [0.15, 0.2) is 48.5 Å². The van der Waals surface area contributed by atoms with Gasteiger partial charge in [0.25, 0.3) is 11.1 Å². The standard InChI is InChI=1S/C23H25N3O4S/c1-30-20-7-5-19(6-8-20)25-11-9-18(10-12-25)24-22(28)17-4-2-3-16(13-17)14-26-21(27)15-31-23(26)29/h2-8,13,18H,9-12,14-15H2,1H3,(H,24,28). The maximum absolute atomic E-state index is 12.8. The molecule has 31 heavy (non-hydrogen) atoms. The number of imide groups is 1. The van der Waals surface area contributed by atoms with E-state index >= 15 is 0 Å². The minimum atomic E-state index is -0.233. The van der Waals surface area contributed by atoms with Gasteiger partial charge in [0.15, 0.2) is 0 Å². The van der Waals surface area contributed by atoms with Gasteiger partial charge in [-0.1, -0.05) is 23.9 Å². The first-order valence-electron chi connectivity index (χ1n) is 10.3. The Labute approximate surface area is 185 Å². The molecule has 7 nitrogen and oxygen atoms in total. The molecule has 2 aliphatic heterocycles. The maximum atomic E-state index is 12.8. The zero-order valence-corrected chi connectivity index (χ0v) is 18.2. The average molecular weight is 440 g/mol. The quantitative estimate of drug-likeness (QED) is 0.744. The van der Waals surface area contributed by atoms with E-state index in [9.17, 15) is 14.4 Å². The Morgan fingerprint density at radius 3 is 2.52 bits per heavy atom. The van der Waals surface area contributed by atoms with Crippen molar-refractivity contribution in [3.63, 3.8) is 0 Å². The molecule has 0 atom stereocenters. The van der Waals surface area contributed by atoms with Crippen LogP contribution in [0.2, 0.25) is 0 Å². The van der Waals surface area contributed by atoms with E-state index in [2.05, 4.69) is 22.3 Å². The summed E-state index contributed by atoms with van der Waals surface area (Å²) in [5.41, 5.74) is 2.47. The van der Waals surface area contributed by atoms with Gasteiger partial charge in [0.2, 0.25) is 5.91 Å². The second kappa shape index (κ2) is 9.43. The van der Waals surface area contributed by atoms with Gasteiger partial charge in [-0.25, -0.2) is 0 Å². The summed E-state index contributed by atoms with van der Waals surface area (Å²) in [6.45, 7) is 1.94. The van der Waals surface area contributed by atoms with Gasteiger partial charge in [-0.05, 0) is 54.8 Å². The lowest BCUT2D eigenvalue weighted by molar-refractivity contribution is -0.125. The predicted molar refractivity (Wildman–Crippen MR) is 121 cm³/mol. The lowest BCUT2D eigenvalue weighted by atomic mass is 10.0. The van der Waals surface area contributed by atoms with Gasteiger partial charge in [-0.15, -0.1) is 0 Å². The zero-order valence-electron chi connectivity index (χ0n) is 17.4. The molecule has 0 bridgehead atoms. The van der Waals surface area contributed by atoms with E-state index in [-0.39, 0.29) is 35.4 Å². The molecule has 1 N–H and O–H groups in total. The number of carbonyl (C=O) groups excluding carboxylic acids is 3. The van der Waals surface area contributed by atoms with E-state index in [4.69, 9.17) is 4.74 Å². The second-order valence-electron chi connectivity index (χ2n) is 7.67. The molecule has 4 rings (SSSR count). The van der Waals surface area contributed by atoms with Gasteiger partial charge in [-0.3, -0.25) is 19.3 Å². The molecule has 3 amide bonds. The Balaban J connectivity index is 1.31. The molecule has 2 fully saturated rings. The highest BCUT2D eigenvalue weighted by molar-refractivity contribution is 8.14. The van der Waals surface area contributed by atoms with Crippen molar-refractivity contribution in [2.75, 3.05) is 30.9 Å². The molecule has 0 spiro atoms. The van der Waals surface area contributed by atoms with Gasteiger partial charge in [-0.2, -0.15) is 0 Å². The number of hydrogen-bond donors (Lipinski definition) is 1. The monoisotopic (exact) mass is 439 g/mol. The second-order valence-corrected chi connectivity index (χ2v) is 8.59. The molecule has 2 heterocycles. The minimum Gasteiger partial charge on any atom is -0.497 e. The fraction of sp³-hybridized carbons (Fsp3) is 0.348. The Kier molecular flexibility index (Phi) is 6.46. The number of ether oxygens (including phenoxy) is 1. The summed E-state index contributed by atoms with van der Waals surface area (Å²) in [6, 6.07) is 15.3. The number of carbonyl (C=O) groups is 3. The highest BCUT2D eigenvalue weighted by Crippen LogP contribution is 2.24. The molecular weight excluding hydrogens is 414 g/mol. The smallest absolute Gasteiger partial charge is 0.289 e. The van der Waals surface area contributed by atoms with E-state index in [1.165, 1.54) is 4.90 Å². The van der Waals surface area contributed by atoms with Gasteiger partial charge in [0, 0.05) is 30.4 Å². The fourth-order valence-electron chi connectivity index (χ4n) is 3.87. The van der Waals surface area contributed by atoms with Crippen LogP contribution in [0.5, 0.6) is 5.75 Å². The van der Waals surface area contributed by atoms with Crippen LogP contribution in [0.4, 0.5) is 10.5 Å². The number of benzene rings is 2. The third-order valence-corrected chi connectivity index (χ3v) is 6.50. The average Bonchev–Trinajstić information content (AvgIpc) is 3.12. The highest BCUT2D eigenvalue weighted by atomic mass is 32.2. The molecular formula is C23H25N3O4S. The third-order valence-electron chi connectivity index (χ3n) is 5.64. The number of amides is 3. The Morgan fingerprint density at radius 1 is 1.13 bits per heavy atom.